The minimum Gasteiger partial charge on any atom is -0.338 e. The zero-order valence-electron chi connectivity index (χ0n) is 10.4. The van der Waals surface area contributed by atoms with Crippen molar-refractivity contribution in [1.29, 1.82) is 0 Å². The van der Waals surface area contributed by atoms with Gasteiger partial charge in [0.25, 0.3) is 5.91 Å². The number of hydrogen-bond acceptors (Lipinski definition) is 2. The normalized spacial score (nSPS) is 19.9. The highest BCUT2D eigenvalue weighted by atomic mass is 127. The molecule has 0 saturated carbocycles. The topological polar surface area (TPSA) is 46.3 Å². The SMILES string of the molecule is NCCC1CCCN(C(=O)c2ccccc2I)C1. The van der Waals surface area contributed by atoms with Gasteiger partial charge >= 0.3 is 0 Å². The van der Waals surface area contributed by atoms with Gasteiger partial charge in [-0.05, 0) is 66.4 Å². The van der Waals surface area contributed by atoms with Crippen molar-refractivity contribution in [2.75, 3.05) is 19.6 Å². The molecule has 1 aliphatic heterocycles. The number of carbonyl (C=O) groups excluding carboxylic acids is 1. The first-order chi connectivity index (χ1) is 8.72. The molecule has 98 valence electrons. The molecular formula is C14H19IN2O. The lowest BCUT2D eigenvalue weighted by molar-refractivity contribution is 0.0668. The van der Waals surface area contributed by atoms with Gasteiger partial charge in [0.15, 0.2) is 0 Å². The first kappa shape index (κ1) is 13.8. The minimum atomic E-state index is 0.168. The second-order valence-electron chi connectivity index (χ2n) is 4.82. The Morgan fingerprint density at radius 3 is 2.94 bits per heavy atom. The molecule has 0 bridgehead atoms. The molecular weight excluding hydrogens is 339 g/mol. The van der Waals surface area contributed by atoms with E-state index in [9.17, 15) is 4.79 Å². The van der Waals surface area contributed by atoms with Crippen LogP contribution in [0.3, 0.4) is 0 Å². The Labute approximate surface area is 122 Å². The Bertz CT molecular complexity index is 420. The molecule has 2 rings (SSSR count). The van der Waals surface area contributed by atoms with Gasteiger partial charge in [-0.15, -0.1) is 0 Å². The molecule has 1 fully saturated rings. The van der Waals surface area contributed by atoms with Crippen molar-refractivity contribution >= 4 is 28.5 Å². The summed E-state index contributed by atoms with van der Waals surface area (Å²) in [5.41, 5.74) is 6.44. The maximum atomic E-state index is 12.5. The fourth-order valence-electron chi connectivity index (χ4n) is 2.53. The number of piperidine rings is 1. The molecule has 1 unspecified atom stereocenters. The quantitative estimate of drug-likeness (QED) is 0.844. The van der Waals surface area contributed by atoms with Crippen LogP contribution in [0.25, 0.3) is 0 Å². The molecule has 1 aromatic rings. The van der Waals surface area contributed by atoms with Gasteiger partial charge < -0.3 is 10.6 Å². The van der Waals surface area contributed by atoms with Crippen LogP contribution in [0.15, 0.2) is 24.3 Å². The number of nitrogens with two attached hydrogens (primary N) is 1. The summed E-state index contributed by atoms with van der Waals surface area (Å²) in [5, 5.41) is 0. The van der Waals surface area contributed by atoms with Crippen molar-refractivity contribution in [2.45, 2.75) is 19.3 Å². The summed E-state index contributed by atoms with van der Waals surface area (Å²) in [7, 11) is 0. The van der Waals surface area contributed by atoms with E-state index in [1.165, 1.54) is 6.42 Å². The Hall–Kier alpha value is -0.620. The number of rotatable bonds is 3. The lowest BCUT2D eigenvalue weighted by Gasteiger charge is -2.33. The van der Waals surface area contributed by atoms with Crippen LogP contribution >= 0.6 is 22.6 Å². The number of benzene rings is 1. The predicted octanol–water partition coefficient (Wildman–Crippen LogP) is 2.49. The van der Waals surface area contributed by atoms with Crippen LogP contribution in [0.2, 0.25) is 0 Å². The highest BCUT2D eigenvalue weighted by Gasteiger charge is 2.24. The number of amides is 1. The average Bonchev–Trinajstić information content (AvgIpc) is 2.39. The molecule has 1 amide bonds. The molecule has 3 nitrogen and oxygen atoms in total. The van der Waals surface area contributed by atoms with E-state index in [0.29, 0.717) is 5.92 Å². The molecule has 18 heavy (non-hydrogen) atoms. The maximum Gasteiger partial charge on any atom is 0.254 e. The van der Waals surface area contributed by atoms with E-state index < -0.39 is 0 Å². The summed E-state index contributed by atoms with van der Waals surface area (Å²) < 4.78 is 1.03. The zero-order chi connectivity index (χ0) is 13.0. The zero-order valence-corrected chi connectivity index (χ0v) is 12.6. The first-order valence-corrected chi connectivity index (χ1v) is 7.54. The standard InChI is InChI=1S/C14H19IN2O/c15-13-6-2-1-5-12(13)14(18)17-9-3-4-11(10-17)7-8-16/h1-2,5-6,11H,3-4,7-10,16H2. The number of nitrogens with zero attached hydrogens (tertiary/aromatic N) is 1. The third-order valence-electron chi connectivity index (χ3n) is 3.49. The molecule has 1 atom stereocenters. The summed E-state index contributed by atoms with van der Waals surface area (Å²) in [4.78, 5) is 14.4. The van der Waals surface area contributed by atoms with E-state index >= 15 is 0 Å². The first-order valence-electron chi connectivity index (χ1n) is 6.46. The maximum absolute atomic E-state index is 12.5. The van der Waals surface area contributed by atoms with E-state index in [1.807, 2.05) is 29.2 Å². The van der Waals surface area contributed by atoms with Crippen molar-refractivity contribution in [2.24, 2.45) is 11.7 Å². The third-order valence-corrected chi connectivity index (χ3v) is 4.43. The van der Waals surface area contributed by atoms with Gasteiger partial charge in [0.2, 0.25) is 0 Å². The van der Waals surface area contributed by atoms with Crippen LogP contribution in [0.4, 0.5) is 0 Å². The Morgan fingerprint density at radius 1 is 1.44 bits per heavy atom. The van der Waals surface area contributed by atoms with Gasteiger partial charge in [-0.25, -0.2) is 0 Å². The monoisotopic (exact) mass is 358 g/mol. The average molecular weight is 358 g/mol. The summed E-state index contributed by atoms with van der Waals surface area (Å²) in [6, 6.07) is 7.79. The summed E-state index contributed by atoms with van der Waals surface area (Å²) in [5.74, 6) is 0.746. The fraction of sp³-hybridized carbons (Fsp3) is 0.500. The lowest BCUT2D eigenvalue weighted by Crippen LogP contribution is -2.40. The van der Waals surface area contributed by atoms with E-state index in [2.05, 4.69) is 22.6 Å². The van der Waals surface area contributed by atoms with Gasteiger partial charge in [-0.1, -0.05) is 12.1 Å². The Morgan fingerprint density at radius 2 is 2.22 bits per heavy atom. The summed E-state index contributed by atoms with van der Waals surface area (Å²) in [6.45, 7) is 2.46. The molecule has 4 heteroatoms. The molecule has 0 aliphatic carbocycles. The third kappa shape index (κ3) is 3.23. The van der Waals surface area contributed by atoms with Crippen LogP contribution in [0.5, 0.6) is 0 Å². The second kappa shape index (κ2) is 6.52. The molecule has 2 N–H and O–H groups in total. The van der Waals surface area contributed by atoms with E-state index in [-0.39, 0.29) is 5.91 Å². The fourth-order valence-corrected chi connectivity index (χ4v) is 3.14. The van der Waals surface area contributed by atoms with Crippen molar-refractivity contribution in [3.05, 3.63) is 33.4 Å². The lowest BCUT2D eigenvalue weighted by atomic mass is 9.94. The van der Waals surface area contributed by atoms with Crippen LogP contribution in [-0.2, 0) is 0 Å². The molecule has 1 heterocycles. The van der Waals surface area contributed by atoms with Crippen LogP contribution in [0.1, 0.15) is 29.6 Å². The van der Waals surface area contributed by atoms with Gasteiger partial charge in [-0.3, -0.25) is 4.79 Å². The van der Waals surface area contributed by atoms with Gasteiger partial charge in [-0.2, -0.15) is 0 Å². The molecule has 0 aromatic heterocycles. The molecule has 1 saturated heterocycles. The number of carbonyl (C=O) groups is 1. The summed E-state index contributed by atoms with van der Waals surface area (Å²) in [6.07, 6.45) is 3.32. The van der Waals surface area contributed by atoms with Crippen molar-refractivity contribution in [1.82, 2.24) is 4.90 Å². The second-order valence-corrected chi connectivity index (χ2v) is 5.98. The minimum absolute atomic E-state index is 0.168. The molecule has 0 radical (unpaired) electrons. The highest BCUT2D eigenvalue weighted by Crippen LogP contribution is 2.22. The van der Waals surface area contributed by atoms with Gasteiger partial charge in [0.05, 0.1) is 5.56 Å². The van der Waals surface area contributed by atoms with E-state index in [0.717, 1.165) is 41.6 Å². The van der Waals surface area contributed by atoms with Crippen LogP contribution in [-0.4, -0.2) is 30.4 Å². The number of likely N-dealkylation sites (tertiary alicyclic amines) is 1. The van der Waals surface area contributed by atoms with Crippen LogP contribution < -0.4 is 5.73 Å². The van der Waals surface area contributed by atoms with Crippen LogP contribution in [0, 0.1) is 9.49 Å². The van der Waals surface area contributed by atoms with Crippen molar-refractivity contribution < 1.29 is 4.79 Å². The van der Waals surface area contributed by atoms with Crippen molar-refractivity contribution in [3.8, 4) is 0 Å². The molecule has 1 aromatic carbocycles. The number of hydrogen-bond donors (Lipinski definition) is 1. The predicted molar refractivity (Wildman–Crippen MR) is 81.5 cm³/mol. The number of halogens is 1. The Balaban J connectivity index is 2.07. The largest absolute Gasteiger partial charge is 0.338 e. The van der Waals surface area contributed by atoms with Gasteiger partial charge in [0, 0.05) is 16.7 Å². The van der Waals surface area contributed by atoms with E-state index in [1.54, 1.807) is 0 Å². The highest BCUT2D eigenvalue weighted by molar-refractivity contribution is 14.1. The summed E-state index contributed by atoms with van der Waals surface area (Å²) >= 11 is 2.23. The molecule has 0 spiro atoms. The Kier molecular flexibility index (Phi) is 5.00. The van der Waals surface area contributed by atoms with Gasteiger partial charge in [0.1, 0.15) is 0 Å². The smallest absolute Gasteiger partial charge is 0.254 e. The van der Waals surface area contributed by atoms with Crippen molar-refractivity contribution in [3.63, 3.8) is 0 Å². The molecule has 1 aliphatic rings. The van der Waals surface area contributed by atoms with E-state index in [4.69, 9.17) is 5.73 Å².